The number of carboxylic acid groups (broad SMARTS) is 1. The number of carbonyl (C=O) groups is 1. The molecule has 1 aromatic carbocycles. The van der Waals surface area contributed by atoms with Gasteiger partial charge in [0, 0.05) is 35.3 Å². The van der Waals surface area contributed by atoms with Crippen molar-refractivity contribution in [2.24, 2.45) is 5.92 Å². The van der Waals surface area contributed by atoms with Crippen molar-refractivity contribution in [1.82, 2.24) is 24.9 Å². The third kappa shape index (κ3) is 4.18. The minimum Gasteiger partial charge on any atom is -0.481 e. The Bertz CT molecular complexity index is 1360. The van der Waals surface area contributed by atoms with E-state index in [-0.39, 0.29) is 12.0 Å². The molecule has 4 N–H and O–H groups in total. The second kappa shape index (κ2) is 8.72. The summed E-state index contributed by atoms with van der Waals surface area (Å²) in [4.78, 5) is 20.7. The number of pyridine rings is 1. The third-order valence-electron chi connectivity index (χ3n) is 6.47. The number of nitrogens with two attached hydrogens (primary N) is 1. The summed E-state index contributed by atoms with van der Waals surface area (Å²) in [5.41, 5.74) is 11.8. The number of nitrogens with one attached hydrogen (secondary N) is 1. The van der Waals surface area contributed by atoms with Crippen molar-refractivity contribution in [3.8, 4) is 11.1 Å². The van der Waals surface area contributed by atoms with Gasteiger partial charge in [-0.1, -0.05) is 11.6 Å². The molecular formula is C24H25BrN6O2. The lowest BCUT2D eigenvalue weighted by Crippen LogP contribution is -2.34. The van der Waals surface area contributed by atoms with Gasteiger partial charge in [-0.3, -0.25) is 9.78 Å². The number of fused-ring (bicyclic) bond motifs is 2. The van der Waals surface area contributed by atoms with Crippen LogP contribution in [0, 0.1) is 12.8 Å². The van der Waals surface area contributed by atoms with Gasteiger partial charge in [-0.25, -0.2) is 4.98 Å². The van der Waals surface area contributed by atoms with E-state index in [1.54, 1.807) is 10.7 Å². The number of carboxylic acids is 1. The Morgan fingerprint density at radius 3 is 2.79 bits per heavy atom. The van der Waals surface area contributed by atoms with Crippen LogP contribution in [0.15, 0.2) is 41.1 Å². The quantitative estimate of drug-likeness (QED) is 0.367. The van der Waals surface area contributed by atoms with Gasteiger partial charge in [-0.2, -0.15) is 9.61 Å². The molecule has 0 spiro atoms. The summed E-state index contributed by atoms with van der Waals surface area (Å²) in [6.07, 6.45) is 6.69. The van der Waals surface area contributed by atoms with Crippen molar-refractivity contribution in [1.29, 1.82) is 0 Å². The van der Waals surface area contributed by atoms with Gasteiger partial charge in [0.25, 0.3) is 0 Å². The largest absolute Gasteiger partial charge is 0.481 e. The smallest absolute Gasteiger partial charge is 0.306 e. The number of anilines is 1. The van der Waals surface area contributed by atoms with Crippen LogP contribution in [0.3, 0.4) is 0 Å². The minimum atomic E-state index is -0.692. The summed E-state index contributed by atoms with van der Waals surface area (Å²) in [6, 6.07) is 8.56. The molecule has 3 heterocycles. The first-order chi connectivity index (χ1) is 15.9. The number of rotatable bonds is 5. The molecule has 1 aliphatic carbocycles. The maximum absolute atomic E-state index is 11.2. The first kappa shape index (κ1) is 21.8. The fourth-order valence-corrected chi connectivity index (χ4v) is 4.94. The predicted molar refractivity (Wildman–Crippen MR) is 131 cm³/mol. The Hall–Kier alpha value is -3.04. The summed E-state index contributed by atoms with van der Waals surface area (Å²) in [5, 5.41) is 18.3. The Balaban J connectivity index is 1.44. The highest BCUT2D eigenvalue weighted by atomic mass is 79.9. The van der Waals surface area contributed by atoms with Crippen molar-refractivity contribution in [3.63, 3.8) is 0 Å². The number of halogens is 1. The molecule has 0 atom stereocenters. The molecule has 8 nitrogen and oxygen atoms in total. The Kier molecular flexibility index (Phi) is 5.76. The molecule has 9 heteroatoms. The van der Waals surface area contributed by atoms with Crippen LogP contribution in [-0.2, 0) is 11.3 Å². The normalized spacial score (nSPS) is 18.7. The minimum absolute atomic E-state index is 0.228. The SMILES string of the molecule is Cc1ccc2ncc(-c3cnn4c(N)c(Br)c(CN[C@H]5CC[C@H](C(=O)O)CC5)nc34)cc2c1. The molecule has 0 saturated heterocycles. The molecule has 0 unspecified atom stereocenters. The zero-order valence-corrected chi connectivity index (χ0v) is 19.8. The highest BCUT2D eigenvalue weighted by Gasteiger charge is 2.26. The molecule has 3 aromatic heterocycles. The lowest BCUT2D eigenvalue weighted by Gasteiger charge is -2.27. The third-order valence-corrected chi connectivity index (χ3v) is 7.34. The lowest BCUT2D eigenvalue weighted by atomic mass is 9.86. The molecule has 4 aromatic rings. The van der Waals surface area contributed by atoms with Crippen molar-refractivity contribution in [2.75, 3.05) is 5.73 Å². The van der Waals surface area contributed by atoms with Gasteiger partial charge in [0.05, 0.1) is 27.8 Å². The van der Waals surface area contributed by atoms with E-state index in [2.05, 4.69) is 56.5 Å². The molecule has 0 bridgehead atoms. The van der Waals surface area contributed by atoms with Crippen molar-refractivity contribution in [3.05, 3.63) is 52.4 Å². The van der Waals surface area contributed by atoms with Gasteiger partial charge in [0.1, 0.15) is 5.82 Å². The maximum Gasteiger partial charge on any atom is 0.306 e. The molecule has 1 aliphatic rings. The summed E-state index contributed by atoms with van der Waals surface area (Å²) in [5.74, 6) is -0.432. The Labute approximate surface area is 199 Å². The molecular weight excluding hydrogens is 484 g/mol. The number of nitrogens with zero attached hydrogens (tertiary/aromatic N) is 4. The topological polar surface area (TPSA) is 118 Å². The molecule has 1 saturated carbocycles. The van der Waals surface area contributed by atoms with Crippen molar-refractivity contribution >= 4 is 44.3 Å². The second-order valence-electron chi connectivity index (χ2n) is 8.74. The van der Waals surface area contributed by atoms with Crippen LogP contribution in [0.2, 0.25) is 0 Å². The number of aliphatic carboxylic acids is 1. The van der Waals surface area contributed by atoms with Crippen LogP contribution >= 0.6 is 15.9 Å². The highest BCUT2D eigenvalue weighted by Crippen LogP contribution is 2.31. The summed E-state index contributed by atoms with van der Waals surface area (Å²) in [7, 11) is 0. The number of aromatic nitrogens is 4. The number of hydrogen-bond acceptors (Lipinski definition) is 6. The first-order valence-corrected chi connectivity index (χ1v) is 11.8. The average Bonchev–Trinajstić information content (AvgIpc) is 3.24. The number of aryl methyl sites for hydroxylation is 1. The van der Waals surface area contributed by atoms with E-state index in [0.717, 1.165) is 40.6 Å². The monoisotopic (exact) mass is 508 g/mol. The zero-order valence-electron chi connectivity index (χ0n) is 18.3. The molecule has 5 rings (SSSR count). The average molecular weight is 509 g/mol. The van der Waals surface area contributed by atoms with E-state index >= 15 is 0 Å². The molecule has 0 radical (unpaired) electrons. The fraction of sp³-hybridized carbons (Fsp3) is 0.333. The van der Waals surface area contributed by atoms with Crippen LogP contribution in [-0.4, -0.2) is 36.7 Å². The molecule has 33 heavy (non-hydrogen) atoms. The highest BCUT2D eigenvalue weighted by molar-refractivity contribution is 9.10. The van der Waals surface area contributed by atoms with Crippen LogP contribution < -0.4 is 11.1 Å². The van der Waals surface area contributed by atoms with E-state index < -0.39 is 5.97 Å². The molecule has 1 fully saturated rings. The summed E-state index contributed by atoms with van der Waals surface area (Å²) < 4.78 is 2.35. The van der Waals surface area contributed by atoms with E-state index in [0.29, 0.717) is 35.3 Å². The Morgan fingerprint density at radius 1 is 1.24 bits per heavy atom. The van der Waals surface area contributed by atoms with Crippen LogP contribution in [0.1, 0.15) is 36.9 Å². The van der Waals surface area contributed by atoms with Gasteiger partial charge in [0.2, 0.25) is 0 Å². The van der Waals surface area contributed by atoms with Crippen LogP contribution in [0.25, 0.3) is 27.7 Å². The van der Waals surface area contributed by atoms with E-state index in [1.807, 2.05) is 12.3 Å². The number of nitrogen functional groups attached to an aromatic ring is 1. The fourth-order valence-electron chi connectivity index (χ4n) is 4.55. The van der Waals surface area contributed by atoms with Gasteiger partial charge in [0.15, 0.2) is 5.65 Å². The second-order valence-corrected chi connectivity index (χ2v) is 9.53. The molecule has 170 valence electrons. The number of hydrogen-bond donors (Lipinski definition) is 3. The predicted octanol–water partition coefficient (Wildman–Crippen LogP) is 4.33. The maximum atomic E-state index is 11.2. The van der Waals surface area contributed by atoms with Gasteiger partial charge in [-0.15, -0.1) is 0 Å². The van der Waals surface area contributed by atoms with E-state index in [4.69, 9.17) is 10.7 Å². The van der Waals surface area contributed by atoms with Crippen molar-refractivity contribution in [2.45, 2.75) is 45.2 Å². The molecule has 0 amide bonds. The summed E-state index contributed by atoms with van der Waals surface area (Å²) >= 11 is 3.58. The van der Waals surface area contributed by atoms with Crippen LogP contribution in [0.4, 0.5) is 5.82 Å². The number of benzene rings is 1. The van der Waals surface area contributed by atoms with Crippen molar-refractivity contribution < 1.29 is 9.90 Å². The standard InChI is InChI=1S/C24H25BrN6O2/c1-13-2-7-19-15(8-13)9-16(10-28-19)18-11-29-31-22(26)21(25)20(30-23(18)31)12-27-17-5-3-14(4-6-17)24(32)33/h2,7-11,14,17,27H,3-6,12,26H2,1H3,(H,32,33)/t14-,17-. The first-order valence-electron chi connectivity index (χ1n) is 11.1. The van der Waals surface area contributed by atoms with E-state index in [9.17, 15) is 9.90 Å². The van der Waals surface area contributed by atoms with Gasteiger partial charge in [-0.05, 0) is 66.7 Å². The van der Waals surface area contributed by atoms with E-state index in [1.165, 1.54) is 5.56 Å². The summed E-state index contributed by atoms with van der Waals surface area (Å²) in [6.45, 7) is 2.60. The van der Waals surface area contributed by atoms with Gasteiger partial charge >= 0.3 is 5.97 Å². The van der Waals surface area contributed by atoms with Crippen LogP contribution in [0.5, 0.6) is 0 Å². The van der Waals surface area contributed by atoms with Gasteiger partial charge < -0.3 is 16.2 Å². The Morgan fingerprint density at radius 2 is 2.03 bits per heavy atom. The molecule has 0 aliphatic heterocycles. The lowest BCUT2D eigenvalue weighted by molar-refractivity contribution is -0.142. The zero-order chi connectivity index (χ0) is 23.1.